The van der Waals surface area contributed by atoms with Crippen LogP contribution in [0.3, 0.4) is 0 Å². The number of β-amino-alcohol motifs (C(OH)–C–C–N with tert-alkyl or cyclic N) is 1. The topological polar surface area (TPSA) is 83.6 Å². The zero-order valence-electron chi connectivity index (χ0n) is 12.5. The van der Waals surface area contributed by atoms with Crippen LogP contribution in [0.4, 0.5) is 0 Å². The minimum atomic E-state index is -3.29. The van der Waals surface area contributed by atoms with Gasteiger partial charge in [0.25, 0.3) is 0 Å². The third-order valence-electron chi connectivity index (χ3n) is 3.95. The first-order valence-electron chi connectivity index (χ1n) is 7.29. The molecule has 1 aliphatic rings. The maximum atomic E-state index is 12.3. The van der Waals surface area contributed by atoms with E-state index in [9.17, 15) is 13.5 Å². The van der Waals surface area contributed by atoms with Gasteiger partial charge < -0.3 is 10.8 Å². The molecule has 0 saturated carbocycles. The molecule has 2 rings (SSSR count). The summed E-state index contributed by atoms with van der Waals surface area (Å²) in [5.41, 5.74) is 5.72. The number of sulfone groups is 1. The molecule has 0 spiro atoms. The SMILES string of the molecule is CC1(O)CCCN(CCS(=O)(=O)c2ccc(CN)cc2)C1. The number of likely N-dealkylation sites (tertiary alicyclic amines) is 1. The summed E-state index contributed by atoms with van der Waals surface area (Å²) in [6, 6.07) is 6.73. The van der Waals surface area contributed by atoms with Crippen molar-refractivity contribution in [2.24, 2.45) is 5.73 Å². The van der Waals surface area contributed by atoms with Crippen molar-refractivity contribution in [2.45, 2.75) is 36.8 Å². The normalized spacial score (nSPS) is 24.1. The van der Waals surface area contributed by atoms with E-state index in [1.54, 1.807) is 31.2 Å². The highest BCUT2D eigenvalue weighted by atomic mass is 32.2. The Morgan fingerprint density at radius 1 is 1.33 bits per heavy atom. The van der Waals surface area contributed by atoms with Crippen molar-refractivity contribution in [3.8, 4) is 0 Å². The minimum Gasteiger partial charge on any atom is -0.389 e. The Morgan fingerprint density at radius 3 is 2.57 bits per heavy atom. The molecule has 1 fully saturated rings. The number of aliphatic hydroxyl groups is 1. The summed E-state index contributed by atoms with van der Waals surface area (Å²) in [6.45, 7) is 4.05. The zero-order chi connectivity index (χ0) is 15.5. The van der Waals surface area contributed by atoms with Crippen molar-refractivity contribution >= 4 is 9.84 Å². The molecule has 118 valence electrons. The van der Waals surface area contributed by atoms with Gasteiger partial charge in [-0.1, -0.05) is 12.1 Å². The average molecular weight is 312 g/mol. The highest BCUT2D eigenvalue weighted by molar-refractivity contribution is 7.91. The predicted octanol–water partition coefficient (Wildman–Crippen LogP) is 0.766. The number of hydrogen-bond donors (Lipinski definition) is 2. The molecule has 1 saturated heterocycles. The predicted molar refractivity (Wildman–Crippen MR) is 82.7 cm³/mol. The van der Waals surface area contributed by atoms with E-state index in [0.29, 0.717) is 24.5 Å². The van der Waals surface area contributed by atoms with E-state index in [2.05, 4.69) is 0 Å². The molecule has 0 radical (unpaired) electrons. The Bertz CT molecular complexity index is 567. The van der Waals surface area contributed by atoms with E-state index in [1.165, 1.54) is 0 Å². The lowest BCUT2D eigenvalue weighted by molar-refractivity contribution is -0.0134. The van der Waals surface area contributed by atoms with Crippen molar-refractivity contribution in [2.75, 3.05) is 25.4 Å². The molecule has 0 bridgehead atoms. The monoisotopic (exact) mass is 312 g/mol. The highest BCUT2D eigenvalue weighted by Crippen LogP contribution is 2.20. The fraction of sp³-hybridized carbons (Fsp3) is 0.600. The molecule has 0 amide bonds. The van der Waals surface area contributed by atoms with Crippen LogP contribution in [0.25, 0.3) is 0 Å². The van der Waals surface area contributed by atoms with E-state index in [1.807, 2.05) is 4.90 Å². The van der Waals surface area contributed by atoms with Gasteiger partial charge in [0.2, 0.25) is 0 Å². The summed E-state index contributed by atoms with van der Waals surface area (Å²) in [5.74, 6) is 0.0745. The molecule has 1 aliphatic heterocycles. The van der Waals surface area contributed by atoms with Gasteiger partial charge in [-0.15, -0.1) is 0 Å². The molecule has 1 aromatic rings. The maximum absolute atomic E-state index is 12.3. The summed E-state index contributed by atoms with van der Waals surface area (Å²) < 4.78 is 24.6. The van der Waals surface area contributed by atoms with E-state index >= 15 is 0 Å². The summed E-state index contributed by atoms with van der Waals surface area (Å²) in [4.78, 5) is 2.36. The molecule has 1 heterocycles. The quantitative estimate of drug-likeness (QED) is 0.839. The highest BCUT2D eigenvalue weighted by Gasteiger charge is 2.29. The van der Waals surface area contributed by atoms with Crippen LogP contribution in [0, 0.1) is 0 Å². The molecule has 21 heavy (non-hydrogen) atoms. The number of nitrogens with two attached hydrogens (primary N) is 1. The van der Waals surface area contributed by atoms with Gasteiger partial charge in [-0.2, -0.15) is 0 Å². The zero-order valence-corrected chi connectivity index (χ0v) is 13.3. The Balaban J connectivity index is 1.97. The van der Waals surface area contributed by atoms with Gasteiger partial charge in [-0.05, 0) is 44.0 Å². The van der Waals surface area contributed by atoms with Gasteiger partial charge in [0.05, 0.1) is 16.2 Å². The standard InChI is InChI=1S/C15H24N2O3S/c1-15(18)7-2-8-17(12-15)9-10-21(19,20)14-5-3-13(11-16)4-6-14/h3-6,18H,2,7-12,16H2,1H3. The van der Waals surface area contributed by atoms with Crippen LogP contribution >= 0.6 is 0 Å². The Labute approximate surface area is 126 Å². The summed E-state index contributed by atoms with van der Waals surface area (Å²) in [6.07, 6.45) is 1.68. The number of rotatable bonds is 5. The van der Waals surface area contributed by atoms with Crippen molar-refractivity contribution in [3.05, 3.63) is 29.8 Å². The smallest absolute Gasteiger partial charge is 0.179 e. The largest absolute Gasteiger partial charge is 0.389 e. The molecule has 1 aromatic carbocycles. The number of benzene rings is 1. The van der Waals surface area contributed by atoms with Crippen molar-refractivity contribution in [1.29, 1.82) is 0 Å². The van der Waals surface area contributed by atoms with Crippen molar-refractivity contribution in [3.63, 3.8) is 0 Å². The van der Waals surface area contributed by atoms with Gasteiger partial charge in [0.1, 0.15) is 0 Å². The van der Waals surface area contributed by atoms with Crippen LogP contribution in [0.1, 0.15) is 25.3 Å². The van der Waals surface area contributed by atoms with Crippen LogP contribution in [0.2, 0.25) is 0 Å². The summed E-state index contributed by atoms with van der Waals surface area (Å²) >= 11 is 0. The maximum Gasteiger partial charge on any atom is 0.179 e. The molecule has 1 atom stereocenters. The van der Waals surface area contributed by atoms with E-state index in [-0.39, 0.29) is 5.75 Å². The van der Waals surface area contributed by atoms with Crippen LogP contribution < -0.4 is 5.73 Å². The Morgan fingerprint density at radius 2 is 2.00 bits per heavy atom. The molecule has 6 heteroatoms. The number of hydrogen-bond acceptors (Lipinski definition) is 5. The molecule has 1 unspecified atom stereocenters. The lowest BCUT2D eigenvalue weighted by Crippen LogP contribution is -2.47. The first-order chi connectivity index (χ1) is 9.82. The molecule has 5 nitrogen and oxygen atoms in total. The molecular formula is C15H24N2O3S. The molecule has 0 aliphatic carbocycles. The van der Waals surface area contributed by atoms with Crippen LogP contribution in [-0.2, 0) is 16.4 Å². The second-order valence-corrected chi connectivity index (χ2v) is 8.15. The summed E-state index contributed by atoms with van der Waals surface area (Å²) in [7, 11) is -3.29. The lowest BCUT2D eigenvalue weighted by Gasteiger charge is -2.36. The van der Waals surface area contributed by atoms with Crippen LogP contribution in [0.5, 0.6) is 0 Å². The van der Waals surface area contributed by atoms with Gasteiger partial charge in [-0.3, -0.25) is 4.90 Å². The molecule has 0 aromatic heterocycles. The fourth-order valence-electron chi connectivity index (χ4n) is 2.71. The first kappa shape index (κ1) is 16.4. The van der Waals surface area contributed by atoms with E-state index in [4.69, 9.17) is 5.73 Å². The van der Waals surface area contributed by atoms with Gasteiger partial charge in [-0.25, -0.2) is 8.42 Å². The van der Waals surface area contributed by atoms with Gasteiger partial charge >= 0.3 is 0 Å². The number of piperidine rings is 1. The van der Waals surface area contributed by atoms with Crippen LogP contribution in [0.15, 0.2) is 29.2 Å². The lowest BCUT2D eigenvalue weighted by atomic mass is 9.95. The molecular weight excluding hydrogens is 288 g/mol. The van der Waals surface area contributed by atoms with Crippen molar-refractivity contribution < 1.29 is 13.5 Å². The van der Waals surface area contributed by atoms with Crippen LogP contribution in [-0.4, -0.2) is 49.4 Å². The fourth-order valence-corrected chi connectivity index (χ4v) is 4.00. The first-order valence-corrected chi connectivity index (χ1v) is 8.94. The minimum absolute atomic E-state index is 0.0745. The second kappa shape index (κ2) is 6.44. The van der Waals surface area contributed by atoms with E-state index in [0.717, 1.165) is 24.9 Å². The van der Waals surface area contributed by atoms with Gasteiger partial charge in [0.15, 0.2) is 9.84 Å². The van der Waals surface area contributed by atoms with E-state index < -0.39 is 15.4 Å². The van der Waals surface area contributed by atoms with Gasteiger partial charge in [0, 0.05) is 19.6 Å². The number of nitrogens with zero attached hydrogens (tertiary/aromatic N) is 1. The third kappa shape index (κ3) is 4.51. The third-order valence-corrected chi connectivity index (χ3v) is 5.66. The average Bonchev–Trinajstić information content (AvgIpc) is 2.44. The van der Waals surface area contributed by atoms with Crippen molar-refractivity contribution in [1.82, 2.24) is 4.90 Å². The Kier molecular flexibility index (Phi) is 5.03. The summed E-state index contributed by atoms with van der Waals surface area (Å²) in [5, 5.41) is 10.0. The molecule has 3 N–H and O–H groups in total. The second-order valence-electron chi connectivity index (χ2n) is 6.04. The Hall–Kier alpha value is -0.950.